The summed E-state index contributed by atoms with van der Waals surface area (Å²) in [7, 11) is 0. The summed E-state index contributed by atoms with van der Waals surface area (Å²) >= 11 is 0. The van der Waals surface area contributed by atoms with Crippen molar-refractivity contribution in [3.8, 4) is 0 Å². The number of hydrogen-bond acceptors (Lipinski definition) is 3. The first-order chi connectivity index (χ1) is 6.41. The maximum Gasteiger partial charge on any atom is 0.308 e. The molecule has 4 nitrogen and oxygen atoms in total. The third-order valence-corrected chi connectivity index (χ3v) is 2.63. The van der Waals surface area contributed by atoms with Crippen LogP contribution < -0.4 is 0 Å². The fraction of sp³-hybridized carbons (Fsp3) is 0.900. The van der Waals surface area contributed by atoms with Crippen molar-refractivity contribution in [2.24, 2.45) is 11.8 Å². The minimum Gasteiger partial charge on any atom is -0.481 e. The van der Waals surface area contributed by atoms with Crippen LogP contribution in [0.3, 0.4) is 0 Å². The molecule has 0 rings (SSSR count). The highest BCUT2D eigenvalue weighted by Gasteiger charge is 2.30. The molecular weight excluding hydrogens is 184 g/mol. The van der Waals surface area contributed by atoms with Crippen LogP contribution in [-0.2, 0) is 4.79 Å². The second-order valence-corrected chi connectivity index (χ2v) is 3.83. The Labute approximate surface area is 84.6 Å². The lowest BCUT2D eigenvalue weighted by Crippen LogP contribution is -2.37. The normalized spacial score (nSPS) is 19.8. The average Bonchev–Trinajstić information content (AvgIpc) is 2.14. The molecule has 0 fully saturated rings. The van der Waals surface area contributed by atoms with E-state index in [1.54, 1.807) is 6.92 Å². The maximum absolute atomic E-state index is 10.6. The van der Waals surface area contributed by atoms with Gasteiger partial charge in [0.05, 0.1) is 18.1 Å². The number of carboxylic acid groups (broad SMARTS) is 1. The molecule has 0 aliphatic heterocycles. The van der Waals surface area contributed by atoms with Crippen molar-refractivity contribution < 1.29 is 20.1 Å². The Balaban J connectivity index is 4.22. The smallest absolute Gasteiger partial charge is 0.308 e. The summed E-state index contributed by atoms with van der Waals surface area (Å²) < 4.78 is 0. The molecule has 0 unspecified atom stereocenters. The average molecular weight is 204 g/mol. The minimum absolute atomic E-state index is 0.402. The van der Waals surface area contributed by atoms with Gasteiger partial charge < -0.3 is 15.3 Å². The highest BCUT2D eigenvalue weighted by molar-refractivity contribution is 5.70. The van der Waals surface area contributed by atoms with E-state index in [1.165, 1.54) is 6.92 Å². The SMILES string of the molecule is CCC[C@H](O)[C@H](C)[C@H](O)[C@@H](C)C(=O)O. The number of aliphatic hydroxyl groups excluding tert-OH is 2. The van der Waals surface area contributed by atoms with E-state index in [-0.39, 0.29) is 0 Å². The number of aliphatic carboxylic acids is 1. The van der Waals surface area contributed by atoms with Crippen molar-refractivity contribution in [1.82, 2.24) is 0 Å². The molecule has 0 saturated heterocycles. The van der Waals surface area contributed by atoms with Gasteiger partial charge in [-0.25, -0.2) is 0 Å². The lowest BCUT2D eigenvalue weighted by molar-refractivity contribution is -0.147. The molecule has 0 aromatic carbocycles. The third kappa shape index (κ3) is 3.64. The van der Waals surface area contributed by atoms with Gasteiger partial charge in [-0.2, -0.15) is 0 Å². The van der Waals surface area contributed by atoms with Gasteiger partial charge in [0.2, 0.25) is 0 Å². The van der Waals surface area contributed by atoms with E-state index >= 15 is 0 Å². The maximum atomic E-state index is 10.6. The molecule has 0 aromatic rings. The first kappa shape index (κ1) is 13.4. The van der Waals surface area contributed by atoms with E-state index in [1.807, 2.05) is 6.92 Å². The van der Waals surface area contributed by atoms with Crippen LogP contribution in [0.25, 0.3) is 0 Å². The van der Waals surface area contributed by atoms with E-state index in [0.717, 1.165) is 6.42 Å². The quantitative estimate of drug-likeness (QED) is 0.599. The summed E-state index contributed by atoms with van der Waals surface area (Å²) in [5.41, 5.74) is 0. The highest BCUT2D eigenvalue weighted by Crippen LogP contribution is 2.19. The highest BCUT2D eigenvalue weighted by atomic mass is 16.4. The van der Waals surface area contributed by atoms with Crippen LogP contribution in [0.5, 0.6) is 0 Å². The standard InChI is InChI=1S/C10H20O4/c1-4-5-8(11)6(2)9(12)7(3)10(13)14/h6-9,11-12H,4-5H2,1-3H3,(H,13,14)/t6-,7+,8-,9-/m0/s1. The summed E-state index contributed by atoms with van der Waals surface area (Å²) in [5.74, 6) is -2.27. The molecule has 0 aliphatic carbocycles. The molecule has 84 valence electrons. The fourth-order valence-corrected chi connectivity index (χ4v) is 1.39. The van der Waals surface area contributed by atoms with Crippen LogP contribution in [0.2, 0.25) is 0 Å². The number of hydrogen-bond donors (Lipinski definition) is 3. The zero-order chi connectivity index (χ0) is 11.3. The minimum atomic E-state index is -1.03. The van der Waals surface area contributed by atoms with E-state index in [2.05, 4.69) is 0 Å². The molecule has 0 saturated carbocycles. The van der Waals surface area contributed by atoms with E-state index in [9.17, 15) is 15.0 Å². The number of aliphatic hydroxyl groups is 2. The lowest BCUT2D eigenvalue weighted by Gasteiger charge is -2.26. The van der Waals surface area contributed by atoms with Crippen molar-refractivity contribution in [3.63, 3.8) is 0 Å². The summed E-state index contributed by atoms with van der Waals surface area (Å²) in [5, 5.41) is 27.9. The van der Waals surface area contributed by atoms with Gasteiger partial charge >= 0.3 is 5.97 Å². The molecule has 0 amide bonds. The van der Waals surface area contributed by atoms with Gasteiger partial charge in [0.1, 0.15) is 0 Å². The molecule has 0 bridgehead atoms. The first-order valence-electron chi connectivity index (χ1n) is 5.00. The summed E-state index contributed by atoms with van der Waals surface area (Å²) in [4.78, 5) is 10.6. The Kier molecular flexibility index (Phi) is 5.72. The number of carboxylic acids is 1. The van der Waals surface area contributed by atoms with Crippen LogP contribution in [-0.4, -0.2) is 33.5 Å². The van der Waals surface area contributed by atoms with Gasteiger partial charge in [0.25, 0.3) is 0 Å². The van der Waals surface area contributed by atoms with Crippen molar-refractivity contribution >= 4 is 5.97 Å². The fourth-order valence-electron chi connectivity index (χ4n) is 1.39. The third-order valence-electron chi connectivity index (χ3n) is 2.63. The Morgan fingerprint density at radius 1 is 1.29 bits per heavy atom. The van der Waals surface area contributed by atoms with Crippen LogP contribution >= 0.6 is 0 Å². The van der Waals surface area contributed by atoms with Gasteiger partial charge in [-0.15, -0.1) is 0 Å². The molecule has 4 atom stereocenters. The Morgan fingerprint density at radius 2 is 1.79 bits per heavy atom. The molecular formula is C10H20O4. The summed E-state index contributed by atoms with van der Waals surface area (Å²) in [6, 6.07) is 0. The number of rotatable bonds is 6. The van der Waals surface area contributed by atoms with Crippen LogP contribution in [0.15, 0.2) is 0 Å². The van der Waals surface area contributed by atoms with E-state index in [4.69, 9.17) is 5.11 Å². The van der Waals surface area contributed by atoms with Crippen LogP contribution in [0, 0.1) is 11.8 Å². The molecule has 0 radical (unpaired) electrons. The predicted octanol–water partition coefficient (Wildman–Crippen LogP) is 0.865. The summed E-state index contributed by atoms with van der Waals surface area (Å²) in [6.45, 7) is 5.05. The van der Waals surface area contributed by atoms with Gasteiger partial charge in [-0.3, -0.25) is 4.79 Å². The van der Waals surface area contributed by atoms with Crippen LogP contribution in [0.4, 0.5) is 0 Å². The molecule has 3 N–H and O–H groups in total. The molecule has 0 heterocycles. The molecule has 0 aromatic heterocycles. The predicted molar refractivity (Wildman–Crippen MR) is 52.9 cm³/mol. The largest absolute Gasteiger partial charge is 0.481 e. The van der Waals surface area contributed by atoms with Crippen molar-refractivity contribution in [2.45, 2.75) is 45.8 Å². The summed E-state index contributed by atoms with van der Waals surface area (Å²) in [6.07, 6.45) is -0.213. The monoisotopic (exact) mass is 204 g/mol. The zero-order valence-corrected chi connectivity index (χ0v) is 8.97. The van der Waals surface area contributed by atoms with Gasteiger partial charge in [-0.05, 0) is 13.3 Å². The molecule has 0 aliphatic rings. The zero-order valence-electron chi connectivity index (χ0n) is 8.97. The van der Waals surface area contributed by atoms with Crippen LogP contribution in [0.1, 0.15) is 33.6 Å². The number of carbonyl (C=O) groups is 1. The Morgan fingerprint density at radius 3 is 2.14 bits per heavy atom. The topological polar surface area (TPSA) is 77.8 Å². The first-order valence-corrected chi connectivity index (χ1v) is 5.00. The van der Waals surface area contributed by atoms with Crippen molar-refractivity contribution in [3.05, 3.63) is 0 Å². The Bertz CT molecular complexity index is 181. The molecule has 0 spiro atoms. The van der Waals surface area contributed by atoms with Crippen molar-refractivity contribution in [2.75, 3.05) is 0 Å². The lowest BCUT2D eigenvalue weighted by atomic mass is 9.88. The van der Waals surface area contributed by atoms with Gasteiger partial charge in [0, 0.05) is 5.92 Å². The van der Waals surface area contributed by atoms with E-state index < -0.39 is 30.0 Å². The second-order valence-electron chi connectivity index (χ2n) is 3.83. The van der Waals surface area contributed by atoms with Crippen molar-refractivity contribution in [1.29, 1.82) is 0 Å². The van der Waals surface area contributed by atoms with Gasteiger partial charge in [-0.1, -0.05) is 20.3 Å². The second kappa shape index (κ2) is 5.98. The molecule has 4 heteroatoms. The van der Waals surface area contributed by atoms with Gasteiger partial charge in [0.15, 0.2) is 0 Å². The Hall–Kier alpha value is -0.610. The van der Waals surface area contributed by atoms with E-state index in [0.29, 0.717) is 6.42 Å². The molecule has 14 heavy (non-hydrogen) atoms.